The molecule has 1 atom stereocenters. The number of hydrogen-bond acceptors (Lipinski definition) is 2. The number of carbonyl (C=O) groups is 1. The number of alkyl halides is 2. The van der Waals surface area contributed by atoms with E-state index >= 15 is 0 Å². The second-order valence-corrected chi connectivity index (χ2v) is 2.54. The first kappa shape index (κ1) is 7.27. The summed E-state index contributed by atoms with van der Waals surface area (Å²) in [5.41, 5.74) is 0. The zero-order chi connectivity index (χ0) is 8.77. The van der Waals surface area contributed by atoms with Gasteiger partial charge >= 0.3 is 5.92 Å². The van der Waals surface area contributed by atoms with Crippen LogP contribution < -0.4 is 5.32 Å². The van der Waals surface area contributed by atoms with Gasteiger partial charge in [0.2, 0.25) is 0 Å². The van der Waals surface area contributed by atoms with Crippen LogP contribution in [0.15, 0.2) is 22.8 Å². The number of halogens is 2. The van der Waals surface area contributed by atoms with E-state index in [1.807, 2.05) is 0 Å². The van der Waals surface area contributed by atoms with Crippen molar-refractivity contribution in [2.24, 2.45) is 0 Å². The molecule has 12 heavy (non-hydrogen) atoms. The van der Waals surface area contributed by atoms with Crippen LogP contribution in [0.3, 0.4) is 0 Å². The van der Waals surface area contributed by atoms with Crippen LogP contribution in [0.4, 0.5) is 8.78 Å². The lowest BCUT2D eigenvalue weighted by Crippen LogP contribution is -2.61. The molecular weight excluding hydrogens is 168 g/mol. The van der Waals surface area contributed by atoms with E-state index in [9.17, 15) is 13.6 Å². The molecule has 1 amide bonds. The van der Waals surface area contributed by atoms with Gasteiger partial charge in [-0.05, 0) is 12.1 Å². The molecule has 0 aromatic carbocycles. The normalized spacial score (nSPS) is 26.2. The fourth-order valence-electron chi connectivity index (χ4n) is 1.08. The maximum absolute atomic E-state index is 12.7. The Balaban J connectivity index is 2.25. The van der Waals surface area contributed by atoms with Crippen molar-refractivity contribution >= 4 is 5.91 Å². The van der Waals surface area contributed by atoms with Crippen molar-refractivity contribution in [3.8, 4) is 0 Å². The highest BCUT2D eigenvalue weighted by atomic mass is 19.3. The van der Waals surface area contributed by atoms with Crippen molar-refractivity contribution in [1.82, 2.24) is 5.32 Å². The van der Waals surface area contributed by atoms with Gasteiger partial charge < -0.3 is 9.73 Å². The molecule has 2 heterocycles. The summed E-state index contributed by atoms with van der Waals surface area (Å²) < 4.78 is 30.1. The Hall–Kier alpha value is -1.39. The largest absolute Gasteiger partial charge is 0.467 e. The number of amides is 1. The summed E-state index contributed by atoms with van der Waals surface area (Å²) in [7, 11) is 0. The van der Waals surface area contributed by atoms with E-state index in [1.54, 1.807) is 0 Å². The average Bonchev–Trinajstić information content (AvgIpc) is 2.51. The second-order valence-electron chi connectivity index (χ2n) is 2.54. The molecule has 0 saturated carbocycles. The Morgan fingerprint density at radius 2 is 2.33 bits per heavy atom. The molecule has 0 aliphatic carbocycles. The van der Waals surface area contributed by atoms with Gasteiger partial charge in [-0.15, -0.1) is 0 Å². The highest BCUT2D eigenvalue weighted by molar-refractivity contribution is 5.91. The van der Waals surface area contributed by atoms with Crippen molar-refractivity contribution in [2.75, 3.05) is 0 Å². The second kappa shape index (κ2) is 2.06. The summed E-state index contributed by atoms with van der Waals surface area (Å²) in [5.74, 6) is -4.48. The first-order chi connectivity index (χ1) is 5.62. The maximum Gasteiger partial charge on any atom is 0.351 e. The van der Waals surface area contributed by atoms with E-state index in [1.165, 1.54) is 18.4 Å². The highest BCUT2D eigenvalue weighted by Gasteiger charge is 2.59. The van der Waals surface area contributed by atoms with Gasteiger partial charge in [0.15, 0.2) is 6.04 Å². The van der Waals surface area contributed by atoms with Crippen LogP contribution >= 0.6 is 0 Å². The summed E-state index contributed by atoms with van der Waals surface area (Å²) in [4.78, 5) is 10.4. The first-order valence-electron chi connectivity index (χ1n) is 3.34. The molecule has 2 rings (SSSR count). The quantitative estimate of drug-likeness (QED) is 0.646. The summed E-state index contributed by atoms with van der Waals surface area (Å²) in [6, 6.07) is 1.61. The SMILES string of the molecule is O=C1N[C@@H](c2ccco2)C1(F)F. The van der Waals surface area contributed by atoms with Crippen LogP contribution in [0, 0.1) is 0 Å². The molecule has 1 aromatic heterocycles. The van der Waals surface area contributed by atoms with Gasteiger partial charge in [-0.2, -0.15) is 8.78 Å². The molecule has 0 radical (unpaired) electrons. The molecule has 0 bridgehead atoms. The third-order valence-corrected chi connectivity index (χ3v) is 1.77. The lowest BCUT2D eigenvalue weighted by molar-refractivity contribution is -0.172. The van der Waals surface area contributed by atoms with Gasteiger partial charge in [-0.3, -0.25) is 4.79 Å². The Kier molecular flexibility index (Phi) is 1.25. The minimum Gasteiger partial charge on any atom is -0.467 e. The number of carbonyl (C=O) groups excluding carboxylic acids is 1. The van der Waals surface area contributed by atoms with E-state index in [0.29, 0.717) is 0 Å². The van der Waals surface area contributed by atoms with E-state index in [-0.39, 0.29) is 5.76 Å². The molecule has 1 aliphatic heterocycles. The number of hydrogen-bond donors (Lipinski definition) is 1. The van der Waals surface area contributed by atoms with Gasteiger partial charge in [-0.1, -0.05) is 0 Å². The van der Waals surface area contributed by atoms with Crippen LogP contribution in [0.2, 0.25) is 0 Å². The number of nitrogens with one attached hydrogen (secondary N) is 1. The molecule has 1 aliphatic rings. The molecule has 1 aromatic rings. The third kappa shape index (κ3) is 0.760. The van der Waals surface area contributed by atoms with Crippen LogP contribution in [0.25, 0.3) is 0 Å². The molecule has 3 nitrogen and oxygen atoms in total. The Morgan fingerprint density at radius 3 is 2.75 bits per heavy atom. The van der Waals surface area contributed by atoms with Gasteiger partial charge in [0.25, 0.3) is 5.91 Å². The van der Waals surface area contributed by atoms with Crippen molar-refractivity contribution in [3.63, 3.8) is 0 Å². The van der Waals surface area contributed by atoms with E-state index in [4.69, 9.17) is 4.42 Å². The predicted molar refractivity (Wildman–Crippen MR) is 34.5 cm³/mol. The van der Waals surface area contributed by atoms with Crippen molar-refractivity contribution in [3.05, 3.63) is 24.2 Å². The molecule has 0 unspecified atom stereocenters. The summed E-state index contributed by atoms with van der Waals surface area (Å²) in [5, 5.41) is 2.05. The Labute approximate surface area is 66.4 Å². The summed E-state index contributed by atoms with van der Waals surface area (Å²) in [6.07, 6.45) is 1.29. The van der Waals surface area contributed by atoms with Gasteiger partial charge in [-0.25, -0.2) is 0 Å². The monoisotopic (exact) mass is 173 g/mol. The van der Waals surface area contributed by atoms with E-state index < -0.39 is 17.9 Å². The Bertz CT molecular complexity index is 307. The van der Waals surface area contributed by atoms with Crippen LogP contribution in [0.1, 0.15) is 11.8 Å². The molecular formula is C7H5F2NO2. The number of rotatable bonds is 1. The van der Waals surface area contributed by atoms with Gasteiger partial charge in [0.05, 0.1) is 6.26 Å². The molecule has 1 fully saturated rings. The summed E-state index contributed by atoms with van der Waals surface area (Å²) in [6.45, 7) is 0. The molecule has 64 valence electrons. The topological polar surface area (TPSA) is 42.2 Å². The fourth-order valence-corrected chi connectivity index (χ4v) is 1.08. The lowest BCUT2D eigenvalue weighted by Gasteiger charge is -2.34. The molecule has 1 saturated heterocycles. The van der Waals surface area contributed by atoms with Crippen LogP contribution in [-0.4, -0.2) is 11.8 Å². The maximum atomic E-state index is 12.7. The fraction of sp³-hybridized carbons (Fsp3) is 0.286. The Morgan fingerprint density at radius 1 is 1.58 bits per heavy atom. The first-order valence-corrected chi connectivity index (χ1v) is 3.34. The zero-order valence-electron chi connectivity index (χ0n) is 5.88. The summed E-state index contributed by atoms with van der Waals surface area (Å²) >= 11 is 0. The highest BCUT2D eigenvalue weighted by Crippen LogP contribution is 2.38. The predicted octanol–water partition coefficient (Wildman–Crippen LogP) is 1.09. The zero-order valence-corrected chi connectivity index (χ0v) is 5.88. The van der Waals surface area contributed by atoms with E-state index in [2.05, 4.69) is 5.32 Å². The van der Waals surface area contributed by atoms with Gasteiger partial charge in [0.1, 0.15) is 5.76 Å². The standard InChI is InChI=1S/C7H5F2NO2/c8-7(9)5(10-6(7)11)4-2-1-3-12-4/h1-3,5H,(H,10,11)/t5-/m0/s1. The van der Waals surface area contributed by atoms with E-state index in [0.717, 1.165) is 0 Å². The minimum atomic E-state index is -3.32. The van der Waals surface area contributed by atoms with Crippen molar-refractivity contribution in [1.29, 1.82) is 0 Å². The smallest absolute Gasteiger partial charge is 0.351 e. The average molecular weight is 173 g/mol. The van der Waals surface area contributed by atoms with Crippen LogP contribution in [0.5, 0.6) is 0 Å². The molecule has 1 N–H and O–H groups in total. The molecule has 0 spiro atoms. The minimum absolute atomic E-state index is 0.0830. The van der Waals surface area contributed by atoms with Crippen LogP contribution in [-0.2, 0) is 4.79 Å². The number of furan rings is 1. The van der Waals surface area contributed by atoms with Crippen molar-refractivity contribution < 1.29 is 18.0 Å². The third-order valence-electron chi connectivity index (χ3n) is 1.77. The van der Waals surface area contributed by atoms with Crippen molar-refractivity contribution in [2.45, 2.75) is 12.0 Å². The lowest BCUT2D eigenvalue weighted by atomic mass is 9.99. The molecule has 5 heteroatoms. The number of β-lactam (4-membered cyclic amide) rings is 1. The van der Waals surface area contributed by atoms with Gasteiger partial charge in [0, 0.05) is 0 Å².